The Hall–Kier alpha value is -2.48. The molecule has 130 valence electrons. The van der Waals surface area contributed by atoms with Gasteiger partial charge in [-0.15, -0.1) is 0 Å². The number of ether oxygens (including phenoxy) is 3. The lowest BCUT2D eigenvalue weighted by molar-refractivity contribution is -0.254. The van der Waals surface area contributed by atoms with Crippen LogP contribution in [0, 0.1) is 6.92 Å². The molecule has 0 radical (unpaired) electrons. The Labute approximate surface area is 143 Å². The highest BCUT2D eigenvalue weighted by Gasteiger charge is 2.35. The monoisotopic (exact) mass is 342 g/mol. The van der Waals surface area contributed by atoms with E-state index in [9.17, 15) is 9.59 Å². The van der Waals surface area contributed by atoms with Crippen molar-refractivity contribution in [3.63, 3.8) is 0 Å². The van der Waals surface area contributed by atoms with Gasteiger partial charge in [0.15, 0.2) is 6.29 Å². The fraction of sp³-hybridized carbons (Fsp3) is 0.333. The lowest BCUT2D eigenvalue weighted by Gasteiger charge is -2.38. The minimum atomic E-state index is -0.490. The fourth-order valence-corrected chi connectivity index (χ4v) is 2.98. The third kappa shape index (κ3) is 3.09. The lowest BCUT2D eigenvalue weighted by Crippen LogP contribution is -2.45. The average molecular weight is 342 g/mol. The largest absolute Gasteiger partial charge is 0.367 e. The molecule has 7 nitrogen and oxygen atoms in total. The van der Waals surface area contributed by atoms with E-state index < -0.39 is 12.0 Å². The predicted molar refractivity (Wildman–Crippen MR) is 90.1 cm³/mol. The molecule has 2 aromatic rings. The maximum Gasteiger partial charge on any atom is 0.332 e. The van der Waals surface area contributed by atoms with E-state index in [1.807, 2.05) is 36.4 Å². The molecule has 25 heavy (non-hydrogen) atoms. The Bertz CT molecular complexity index is 915. The van der Waals surface area contributed by atoms with Crippen LogP contribution in [-0.4, -0.2) is 35.0 Å². The van der Waals surface area contributed by atoms with Crippen molar-refractivity contribution in [3.8, 4) is 0 Å². The number of aromatic amines is 1. The molecular formula is C18H18N2O5. The second-order valence-electron chi connectivity index (χ2n) is 6.13. The van der Waals surface area contributed by atoms with Gasteiger partial charge < -0.3 is 14.2 Å². The zero-order chi connectivity index (χ0) is 17.4. The van der Waals surface area contributed by atoms with Gasteiger partial charge in [-0.1, -0.05) is 30.3 Å². The highest BCUT2D eigenvalue weighted by atomic mass is 16.7. The molecule has 1 fully saturated rings. The van der Waals surface area contributed by atoms with E-state index in [4.69, 9.17) is 14.2 Å². The molecule has 1 N–H and O–H groups in total. The summed E-state index contributed by atoms with van der Waals surface area (Å²) in [6.45, 7) is 2.31. The second-order valence-corrected chi connectivity index (χ2v) is 6.13. The second kappa shape index (κ2) is 6.44. The first-order valence-corrected chi connectivity index (χ1v) is 8.09. The summed E-state index contributed by atoms with van der Waals surface area (Å²) in [7, 11) is 0. The Morgan fingerprint density at radius 1 is 1.16 bits per heavy atom. The summed E-state index contributed by atoms with van der Waals surface area (Å²) in [5, 5.41) is 0. The van der Waals surface area contributed by atoms with Gasteiger partial charge in [0.2, 0.25) is 0 Å². The third-order valence-electron chi connectivity index (χ3n) is 4.36. The Morgan fingerprint density at radius 3 is 2.76 bits per heavy atom. The molecule has 3 unspecified atom stereocenters. The van der Waals surface area contributed by atoms with E-state index >= 15 is 0 Å². The highest BCUT2D eigenvalue weighted by Crippen LogP contribution is 2.31. The van der Waals surface area contributed by atoms with Gasteiger partial charge in [0.1, 0.15) is 12.2 Å². The molecule has 0 aliphatic carbocycles. The smallest absolute Gasteiger partial charge is 0.332 e. The molecule has 2 aliphatic heterocycles. The Balaban J connectivity index is 1.63. The number of benzene rings is 1. The maximum atomic E-state index is 12.1. The molecule has 7 heteroatoms. The Morgan fingerprint density at radius 2 is 1.96 bits per heavy atom. The van der Waals surface area contributed by atoms with Crippen LogP contribution in [0.2, 0.25) is 0 Å². The summed E-state index contributed by atoms with van der Waals surface area (Å²) in [6.07, 6.45) is 2.36. The van der Waals surface area contributed by atoms with Crippen molar-refractivity contribution in [2.24, 2.45) is 0 Å². The highest BCUT2D eigenvalue weighted by molar-refractivity contribution is 5.48. The van der Waals surface area contributed by atoms with E-state index in [2.05, 4.69) is 4.98 Å². The van der Waals surface area contributed by atoms with Crippen molar-refractivity contribution in [1.82, 2.24) is 9.55 Å². The summed E-state index contributed by atoms with van der Waals surface area (Å²) in [5.41, 5.74) is 1.15. The van der Waals surface area contributed by atoms with Gasteiger partial charge in [-0.2, -0.15) is 0 Å². The van der Waals surface area contributed by atoms with Crippen molar-refractivity contribution in [2.75, 3.05) is 13.2 Å². The van der Waals surface area contributed by atoms with E-state index in [0.717, 1.165) is 5.56 Å². The fourth-order valence-electron chi connectivity index (χ4n) is 2.98. The number of nitrogens with zero attached hydrogens (tertiary/aromatic N) is 1. The van der Waals surface area contributed by atoms with Gasteiger partial charge >= 0.3 is 5.69 Å². The first-order chi connectivity index (χ1) is 12.1. The van der Waals surface area contributed by atoms with Crippen LogP contribution in [0.1, 0.15) is 17.4 Å². The van der Waals surface area contributed by atoms with Crippen LogP contribution in [0.4, 0.5) is 0 Å². The van der Waals surface area contributed by atoms with Crippen molar-refractivity contribution in [1.29, 1.82) is 0 Å². The van der Waals surface area contributed by atoms with E-state index in [1.165, 1.54) is 10.8 Å². The van der Waals surface area contributed by atoms with Crippen molar-refractivity contribution in [3.05, 3.63) is 74.6 Å². The van der Waals surface area contributed by atoms with Gasteiger partial charge in [0.25, 0.3) is 5.56 Å². The number of hydrogen-bond acceptors (Lipinski definition) is 5. The topological polar surface area (TPSA) is 82.6 Å². The molecule has 2 aliphatic rings. The predicted octanol–water partition coefficient (Wildman–Crippen LogP) is 1.20. The van der Waals surface area contributed by atoms with Crippen LogP contribution in [-0.2, 0) is 14.2 Å². The number of fused-ring (bicyclic) bond motifs is 1. The summed E-state index contributed by atoms with van der Waals surface area (Å²) in [4.78, 5) is 25.9. The van der Waals surface area contributed by atoms with Crippen LogP contribution in [0.3, 0.4) is 0 Å². The van der Waals surface area contributed by atoms with Crippen LogP contribution in [0.25, 0.3) is 5.70 Å². The number of hydrogen-bond donors (Lipinski definition) is 1. The van der Waals surface area contributed by atoms with Crippen LogP contribution in [0.15, 0.2) is 52.2 Å². The van der Waals surface area contributed by atoms with E-state index in [1.54, 1.807) is 6.92 Å². The molecular weight excluding hydrogens is 324 g/mol. The quantitative estimate of drug-likeness (QED) is 0.887. The summed E-state index contributed by atoms with van der Waals surface area (Å²) < 4.78 is 18.9. The molecule has 0 amide bonds. The molecule has 3 heterocycles. The van der Waals surface area contributed by atoms with Crippen LogP contribution >= 0.6 is 0 Å². The number of aromatic nitrogens is 2. The summed E-state index contributed by atoms with van der Waals surface area (Å²) in [5.74, 6) is 0. The van der Waals surface area contributed by atoms with Gasteiger partial charge in [0, 0.05) is 17.3 Å². The van der Waals surface area contributed by atoms with Gasteiger partial charge in [-0.05, 0) is 13.0 Å². The van der Waals surface area contributed by atoms with Gasteiger partial charge in [-0.25, -0.2) is 4.79 Å². The molecule has 0 bridgehead atoms. The Kier molecular flexibility index (Phi) is 4.12. The normalized spacial score (nSPS) is 26.0. The van der Waals surface area contributed by atoms with Crippen LogP contribution < -0.4 is 11.2 Å². The molecule has 4 rings (SSSR count). The first kappa shape index (κ1) is 16.0. The van der Waals surface area contributed by atoms with Crippen molar-refractivity contribution in [2.45, 2.75) is 25.4 Å². The molecule has 0 saturated carbocycles. The van der Waals surface area contributed by atoms with Crippen molar-refractivity contribution < 1.29 is 14.2 Å². The molecule has 1 aromatic heterocycles. The summed E-state index contributed by atoms with van der Waals surface area (Å²) >= 11 is 0. The van der Waals surface area contributed by atoms with E-state index in [0.29, 0.717) is 17.9 Å². The minimum Gasteiger partial charge on any atom is -0.367 e. The molecule has 3 atom stereocenters. The number of nitrogens with one attached hydrogen (secondary N) is 1. The number of rotatable bonds is 2. The molecule has 1 aromatic carbocycles. The molecule has 0 spiro atoms. The number of H-pyrrole nitrogens is 1. The average Bonchev–Trinajstić information content (AvgIpc) is 2.64. The van der Waals surface area contributed by atoms with Gasteiger partial charge in [-0.3, -0.25) is 14.3 Å². The zero-order valence-electron chi connectivity index (χ0n) is 13.7. The molecule has 1 saturated heterocycles. The third-order valence-corrected chi connectivity index (χ3v) is 4.36. The van der Waals surface area contributed by atoms with Crippen molar-refractivity contribution >= 4 is 5.70 Å². The standard InChI is InChI=1S/C18H18N2O5/c1-11-8-20(18(22)19-16(11)21)13-7-14-15(23-9-13)10-24-17(25-14)12-5-3-2-4-6-12/h2-8,14-15,17H,9-10H2,1H3,(H,19,21,22). The van der Waals surface area contributed by atoms with E-state index in [-0.39, 0.29) is 24.4 Å². The SMILES string of the molecule is Cc1cn(C2=CC3OC(c4ccccc4)OCC3OC2)c(=O)[nH]c1=O. The maximum absolute atomic E-state index is 12.1. The minimum absolute atomic E-state index is 0.219. The van der Waals surface area contributed by atoms with Crippen LogP contribution in [0.5, 0.6) is 0 Å². The summed E-state index contributed by atoms with van der Waals surface area (Å²) in [6, 6.07) is 9.66. The first-order valence-electron chi connectivity index (χ1n) is 8.09. The zero-order valence-corrected chi connectivity index (χ0v) is 13.7. The number of aryl methyl sites for hydroxylation is 1. The lowest BCUT2D eigenvalue weighted by atomic mass is 10.1. The van der Waals surface area contributed by atoms with Gasteiger partial charge in [0.05, 0.1) is 18.9 Å².